The Labute approximate surface area is 119 Å². The van der Waals surface area contributed by atoms with Crippen LogP contribution < -0.4 is 10.0 Å². The number of hydrogen-bond acceptors (Lipinski definition) is 5. The van der Waals surface area contributed by atoms with Crippen molar-refractivity contribution in [2.24, 2.45) is 0 Å². The minimum absolute atomic E-state index is 0.151. The Morgan fingerprint density at radius 1 is 1.32 bits per heavy atom. The highest BCUT2D eigenvalue weighted by Gasteiger charge is 2.14. The highest BCUT2D eigenvalue weighted by atomic mass is 32.2. The fourth-order valence-corrected chi connectivity index (χ4v) is 4.13. The molecule has 0 aliphatic carbocycles. The highest BCUT2D eigenvalue weighted by molar-refractivity contribution is 7.91. The number of sulfonamides is 1. The number of nitrogens with one attached hydrogen (secondary N) is 2. The zero-order chi connectivity index (χ0) is 13.9. The molecule has 5 nitrogen and oxygen atoms in total. The Kier molecular flexibility index (Phi) is 4.35. The molecule has 102 valence electrons. The average molecular weight is 316 g/mol. The molecule has 2 heterocycles. The van der Waals surface area contributed by atoms with Crippen LogP contribution in [0.15, 0.2) is 33.9 Å². The third kappa shape index (κ3) is 3.41. The maximum Gasteiger partial charge on any atom is 0.261 e. The monoisotopic (exact) mass is 316 g/mol. The van der Waals surface area contributed by atoms with Gasteiger partial charge in [-0.15, -0.1) is 22.7 Å². The quantitative estimate of drug-likeness (QED) is 0.880. The molecule has 8 heteroatoms. The summed E-state index contributed by atoms with van der Waals surface area (Å²) in [7, 11) is -2.03. The van der Waals surface area contributed by atoms with Crippen LogP contribution in [0, 0.1) is 0 Å². The van der Waals surface area contributed by atoms with E-state index < -0.39 is 10.0 Å². The SMILES string of the molecule is CNS(=O)(=O)c1ccc(CNC(=O)c2cccs2)s1. The van der Waals surface area contributed by atoms with Gasteiger partial charge in [0.1, 0.15) is 4.21 Å². The third-order valence-electron chi connectivity index (χ3n) is 2.34. The van der Waals surface area contributed by atoms with Gasteiger partial charge in [-0.05, 0) is 30.6 Å². The summed E-state index contributed by atoms with van der Waals surface area (Å²) in [5.74, 6) is -0.151. The summed E-state index contributed by atoms with van der Waals surface area (Å²) in [5, 5.41) is 4.58. The maximum absolute atomic E-state index is 11.7. The Balaban J connectivity index is 2.00. The Morgan fingerprint density at radius 3 is 2.74 bits per heavy atom. The smallest absolute Gasteiger partial charge is 0.261 e. The molecule has 0 saturated heterocycles. The van der Waals surface area contributed by atoms with Crippen LogP contribution in [0.4, 0.5) is 0 Å². The second-order valence-electron chi connectivity index (χ2n) is 3.59. The Hall–Kier alpha value is -1.22. The molecule has 2 aromatic rings. The first-order valence-corrected chi connectivity index (χ1v) is 8.55. The predicted octanol–water partition coefficient (Wildman–Crippen LogP) is 1.65. The minimum atomic E-state index is -3.40. The molecule has 19 heavy (non-hydrogen) atoms. The largest absolute Gasteiger partial charge is 0.346 e. The van der Waals surface area contributed by atoms with E-state index in [2.05, 4.69) is 10.0 Å². The van der Waals surface area contributed by atoms with Gasteiger partial charge in [-0.1, -0.05) is 6.07 Å². The molecule has 0 aliphatic rings. The van der Waals surface area contributed by atoms with E-state index in [1.165, 1.54) is 24.5 Å². The lowest BCUT2D eigenvalue weighted by molar-refractivity contribution is 0.0955. The van der Waals surface area contributed by atoms with Crippen molar-refractivity contribution >= 4 is 38.6 Å². The number of rotatable bonds is 5. The van der Waals surface area contributed by atoms with Crippen molar-refractivity contribution in [1.82, 2.24) is 10.0 Å². The molecule has 0 atom stereocenters. The first-order valence-electron chi connectivity index (χ1n) is 5.37. The van der Waals surface area contributed by atoms with Crippen LogP contribution in [-0.4, -0.2) is 21.4 Å². The van der Waals surface area contributed by atoms with Crippen molar-refractivity contribution in [3.63, 3.8) is 0 Å². The standard InChI is InChI=1S/C11H12N2O3S3/c1-12-19(15,16)10-5-4-8(18-10)7-13-11(14)9-3-2-6-17-9/h2-6,12H,7H2,1H3,(H,13,14). The van der Waals surface area contributed by atoms with E-state index in [4.69, 9.17) is 0 Å². The second-order valence-corrected chi connectivity index (χ2v) is 7.82. The van der Waals surface area contributed by atoms with Gasteiger partial charge in [-0.3, -0.25) is 4.79 Å². The van der Waals surface area contributed by atoms with Gasteiger partial charge < -0.3 is 5.32 Å². The third-order valence-corrected chi connectivity index (χ3v) is 6.20. The van der Waals surface area contributed by atoms with Crippen LogP contribution in [0.1, 0.15) is 14.5 Å². The summed E-state index contributed by atoms with van der Waals surface area (Å²) in [4.78, 5) is 13.1. The fourth-order valence-electron chi connectivity index (χ4n) is 1.36. The molecule has 2 aromatic heterocycles. The lowest BCUT2D eigenvalue weighted by Gasteiger charge is -2.01. The number of amides is 1. The van der Waals surface area contributed by atoms with Crippen molar-refractivity contribution in [1.29, 1.82) is 0 Å². The lowest BCUT2D eigenvalue weighted by Crippen LogP contribution is -2.21. The van der Waals surface area contributed by atoms with E-state index in [0.717, 1.165) is 16.2 Å². The van der Waals surface area contributed by atoms with Gasteiger partial charge in [0, 0.05) is 4.88 Å². The lowest BCUT2D eigenvalue weighted by atomic mass is 10.4. The number of carbonyl (C=O) groups excluding carboxylic acids is 1. The van der Waals surface area contributed by atoms with E-state index in [0.29, 0.717) is 11.4 Å². The summed E-state index contributed by atoms with van der Waals surface area (Å²) >= 11 is 2.51. The molecule has 0 aromatic carbocycles. The topological polar surface area (TPSA) is 75.3 Å². The highest BCUT2D eigenvalue weighted by Crippen LogP contribution is 2.21. The van der Waals surface area contributed by atoms with Gasteiger partial charge in [0.05, 0.1) is 11.4 Å². The molecule has 0 fully saturated rings. The van der Waals surface area contributed by atoms with Crippen molar-refractivity contribution in [2.45, 2.75) is 10.8 Å². The van der Waals surface area contributed by atoms with Crippen LogP contribution in [0.25, 0.3) is 0 Å². The summed E-state index contributed by atoms with van der Waals surface area (Å²) in [5.41, 5.74) is 0. The van der Waals surface area contributed by atoms with Crippen LogP contribution in [0.2, 0.25) is 0 Å². The van der Waals surface area contributed by atoms with Gasteiger partial charge >= 0.3 is 0 Å². The normalized spacial score (nSPS) is 11.4. The summed E-state index contributed by atoms with van der Waals surface area (Å²) < 4.78 is 25.6. The zero-order valence-corrected chi connectivity index (χ0v) is 12.5. The summed E-state index contributed by atoms with van der Waals surface area (Å²) in [6.45, 7) is 0.320. The van der Waals surface area contributed by atoms with Gasteiger partial charge in [0.15, 0.2) is 0 Å². The first-order chi connectivity index (χ1) is 9.03. The molecule has 0 aliphatic heterocycles. The van der Waals surface area contributed by atoms with Gasteiger partial charge in [0.2, 0.25) is 10.0 Å². The number of carbonyl (C=O) groups is 1. The van der Waals surface area contributed by atoms with Crippen LogP contribution in [0.5, 0.6) is 0 Å². The summed E-state index contributed by atoms with van der Waals surface area (Å²) in [6.07, 6.45) is 0. The van der Waals surface area contributed by atoms with E-state index in [9.17, 15) is 13.2 Å². The Bertz CT molecular complexity index is 659. The average Bonchev–Trinajstić information content (AvgIpc) is 3.07. The van der Waals surface area contributed by atoms with E-state index in [1.54, 1.807) is 12.1 Å². The molecule has 2 rings (SSSR count). The van der Waals surface area contributed by atoms with Gasteiger partial charge in [0.25, 0.3) is 5.91 Å². The first kappa shape index (κ1) is 14.2. The van der Waals surface area contributed by atoms with E-state index >= 15 is 0 Å². The molecule has 0 bridgehead atoms. The van der Waals surface area contributed by atoms with Gasteiger partial charge in [-0.25, -0.2) is 13.1 Å². The number of thiophene rings is 2. The van der Waals surface area contributed by atoms with Crippen molar-refractivity contribution in [3.8, 4) is 0 Å². The molecule has 2 N–H and O–H groups in total. The summed E-state index contributed by atoms with van der Waals surface area (Å²) in [6, 6.07) is 6.78. The molecular weight excluding hydrogens is 304 g/mol. The van der Waals surface area contributed by atoms with Gasteiger partial charge in [-0.2, -0.15) is 0 Å². The van der Waals surface area contributed by atoms with Crippen LogP contribution >= 0.6 is 22.7 Å². The number of hydrogen-bond donors (Lipinski definition) is 2. The fraction of sp³-hybridized carbons (Fsp3) is 0.182. The van der Waals surface area contributed by atoms with E-state index in [1.807, 2.05) is 11.4 Å². The zero-order valence-electron chi connectivity index (χ0n) is 10.0. The molecule has 0 radical (unpaired) electrons. The molecule has 0 unspecified atom stereocenters. The predicted molar refractivity (Wildman–Crippen MR) is 76.1 cm³/mol. The second kappa shape index (κ2) is 5.83. The Morgan fingerprint density at radius 2 is 2.11 bits per heavy atom. The molecular formula is C11H12N2O3S3. The maximum atomic E-state index is 11.7. The molecule has 1 amide bonds. The molecule has 0 spiro atoms. The van der Waals surface area contributed by atoms with Crippen LogP contribution in [-0.2, 0) is 16.6 Å². The van der Waals surface area contributed by atoms with Crippen molar-refractivity contribution in [2.75, 3.05) is 7.05 Å². The molecule has 0 saturated carbocycles. The van der Waals surface area contributed by atoms with Crippen LogP contribution in [0.3, 0.4) is 0 Å². The van der Waals surface area contributed by atoms with E-state index in [-0.39, 0.29) is 10.1 Å². The van der Waals surface area contributed by atoms with Crippen molar-refractivity contribution < 1.29 is 13.2 Å². The minimum Gasteiger partial charge on any atom is -0.346 e. The van der Waals surface area contributed by atoms with Crippen molar-refractivity contribution in [3.05, 3.63) is 39.4 Å².